The Morgan fingerprint density at radius 3 is 2.44 bits per heavy atom. The minimum Gasteiger partial charge on any atom is -0.444 e. The first-order chi connectivity index (χ1) is 26.1. The van der Waals surface area contributed by atoms with E-state index in [1.54, 1.807) is 20.8 Å². The Balaban J connectivity index is 1.25. The standard InChI is InChI=1S/C38H51N7O9S/c1-37(2,3)54-35(49)40-30-15-8-6-4-5-7-14-27-21-38(27,34(48)42-55(51,52)45(19-11-18-39)28-16-17-28)41-32(46)31-20-29(24-44(31)33(30)47)53-36(50)43-22-25-12-9-10-13-26(25)23-43/h7,9-10,12-14,27-31H,4-6,8,11,15-17,19-24H2,1-3H3,(H,40,49)(H,41,46)(H,42,48)/b14-7-/t27-,29-,30+,31+,38-/m1/s1. The van der Waals surface area contributed by atoms with Gasteiger partial charge in [-0.25, -0.2) is 14.3 Å². The van der Waals surface area contributed by atoms with Gasteiger partial charge >= 0.3 is 22.4 Å². The lowest BCUT2D eigenvalue weighted by Gasteiger charge is -2.30. The summed E-state index contributed by atoms with van der Waals surface area (Å²) in [5.74, 6) is -2.74. The second-order valence-electron chi connectivity index (χ2n) is 16.1. The van der Waals surface area contributed by atoms with Crippen molar-refractivity contribution < 1.29 is 41.9 Å². The van der Waals surface area contributed by atoms with Crippen molar-refractivity contribution in [3.63, 3.8) is 0 Å². The zero-order chi connectivity index (χ0) is 39.5. The van der Waals surface area contributed by atoms with Crippen LogP contribution in [0.25, 0.3) is 0 Å². The molecule has 1 aromatic rings. The number of carbonyl (C=O) groups is 5. The van der Waals surface area contributed by atoms with Crippen molar-refractivity contribution in [1.82, 2.24) is 29.5 Å². The molecular weight excluding hydrogens is 731 g/mol. The molecule has 5 amide bonds. The number of hydrogen-bond acceptors (Lipinski definition) is 10. The highest BCUT2D eigenvalue weighted by Gasteiger charge is 2.62. The molecule has 1 saturated heterocycles. The van der Waals surface area contributed by atoms with Gasteiger partial charge in [0, 0.05) is 44.4 Å². The zero-order valence-electron chi connectivity index (χ0n) is 31.6. The Bertz CT molecular complexity index is 1830. The number of benzene rings is 1. The summed E-state index contributed by atoms with van der Waals surface area (Å²) in [6.45, 7) is 5.58. The molecule has 3 N–H and O–H groups in total. The third-order valence-corrected chi connectivity index (χ3v) is 12.2. The van der Waals surface area contributed by atoms with Crippen molar-refractivity contribution in [2.24, 2.45) is 5.92 Å². The smallest absolute Gasteiger partial charge is 0.410 e. The number of carbonyl (C=O) groups excluding carboxylic acids is 5. The van der Waals surface area contributed by atoms with Crippen LogP contribution in [0.1, 0.15) is 96.1 Å². The van der Waals surface area contributed by atoms with Crippen LogP contribution in [0.5, 0.6) is 0 Å². The summed E-state index contributed by atoms with van der Waals surface area (Å²) in [6, 6.07) is 6.99. The van der Waals surface area contributed by atoms with Gasteiger partial charge in [-0.15, -0.1) is 0 Å². The SMILES string of the molecule is CC(C)(C)OC(=O)N[C@H]1CCCCC/C=C\[C@@H]2C[C@@]2(C(=O)NS(=O)(=O)N(CCC#N)C2CC2)NC(=O)[C@@H]2C[C@@H](OC(=O)N3Cc4ccccc4C3)CN2C1=O. The van der Waals surface area contributed by atoms with Gasteiger partial charge in [-0.05, 0) is 70.4 Å². The number of rotatable bonds is 8. The minimum atomic E-state index is -4.35. The van der Waals surface area contributed by atoms with E-state index < -0.39 is 75.4 Å². The van der Waals surface area contributed by atoms with E-state index in [-0.39, 0.29) is 44.8 Å². The van der Waals surface area contributed by atoms with E-state index in [1.807, 2.05) is 42.5 Å². The number of nitrogens with one attached hydrogen (secondary N) is 3. The van der Waals surface area contributed by atoms with E-state index in [0.29, 0.717) is 38.8 Å². The van der Waals surface area contributed by atoms with E-state index in [1.165, 1.54) is 9.80 Å². The molecule has 55 heavy (non-hydrogen) atoms. The molecule has 298 valence electrons. The molecule has 3 fully saturated rings. The number of fused-ring (bicyclic) bond motifs is 3. The topological polar surface area (TPSA) is 208 Å². The number of allylic oxidation sites excluding steroid dienone is 1. The fraction of sp³-hybridized carbons (Fsp3) is 0.632. The van der Waals surface area contributed by atoms with Crippen LogP contribution in [0.4, 0.5) is 9.59 Å². The highest BCUT2D eigenvalue weighted by molar-refractivity contribution is 7.87. The maximum atomic E-state index is 14.4. The van der Waals surface area contributed by atoms with Crippen molar-refractivity contribution in [1.29, 1.82) is 5.26 Å². The third kappa shape index (κ3) is 9.58. The van der Waals surface area contributed by atoms with Crippen molar-refractivity contribution in [3.05, 3.63) is 47.5 Å². The number of amides is 5. The summed E-state index contributed by atoms with van der Waals surface area (Å²) in [6.07, 6.45) is 5.56. The van der Waals surface area contributed by atoms with Crippen LogP contribution in [0.3, 0.4) is 0 Å². The molecule has 17 heteroatoms. The van der Waals surface area contributed by atoms with Gasteiger partial charge in [0.25, 0.3) is 5.91 Å². The third-order valence-electron chi connectivity index (χ3n) is 10.6. The average Bonchev–Trinajstić information content (AvgIpc) is 3.97. The molecule has 0 aromatic heterocycles. The van der Waals surface area contributed by atoms with E-state index in [4.69, 9.17) is 14.7 Å². The number of nitrogens with zero attached hydrogens (tertiary/aromatic N) is 4. The van der Waals surface area contributed by atoms with Crippen LogP contribution in [0.15, 0.2) is 36.4 Å². The highest BCUT2D eigenvalue weighted by Crippen LogP contribution is 2.46. The van der Waals surface area contributed by atoms with Crippen LogP contribution in [-0.2, 0) is 47.2 Å². The number of nitriles is 1. The summed E-state index contributed by atoms with van der Waals surface area (Å²) in [7, 11) is -4.35. The molecule has 2 aliphatic carbocycles. The summed E-state index contributed by atoms with van der Waals surface area (Å²) in [4.78, 5) is 71.9. The minimum absolute atomic E-state index is 0.0510. The molecule has 3 aliphatic heterocycles. The van der Waals surface area contributed by atoms with Gasteiger partial charge in [-0.2, -0.15) is 18.0 Å². The number of hydrogen-bond donors (Lipinski definition) is 3. The van der Waals surface area contributed by atoms with E-state index in [9.17, 15) is 32.4 Å². The lowest BCUT2D eigenvalue weighted by Crippen LogP contribution is -2.59. The molecule has 5 aliphatic rings. The van der Waals surface area contributed by atoms with Gasteiger partial charge in [0.1, 0.15) is 29.3 Å². The average molecular weight is 782 g/mol. The maximum Gasteiger partial charge on any atom is 0.410 e. The van der Waals surface area contributed by atoms with Gasteiger partial charge in [0.05, 0.1) is 12.6 Å². The van der Waals surface area contributed by atoms with Gasteiger partial charge < -0.3 is 25.0 Å². The van der Waals surface area contributed by atoms with Crippen LogP contribution in [0, 0.1) is 17.2 Å². The molecule has 0 bridgehead atoms. The molecule has 6 rings (SSSR count). The molecule has 2 saturated carbocycles. The van der Waals surface area contributed by atoms with Gasteiger partial charge in [0.15, 0.2) is 0 Å². The Morgan fingerprint density at radius 2 is 1.78 bits per heavy atom. The second-order valence-corrected chi connectivity index (χ2v) is 17.7. The van der Waals surface area contributed by atoms with Crippen LogP contribution < -0.4 is 15.4 Å². The molecule has 16 nitrogen and oxygen atoms in total. The van der Waals surface area contributed by atoms with Crippen molar-refractivity contribution in [2.75, 3.05) is 13.1 Å². The van der Waals surface area contributed by atoms with Crippen LogP contribution in [0.2, 0.25) is 0 Å². The second kappa shape index (κ2) is 16.2. The van der Waals surface area contributed by atoms with Crippen molar-refractivity contribution >= 4 is 40.1 Å². The summed E-state index contributed by atoms with van der Waals surface area (Å²) < 4.78 is 41.6. The Kier molecular flexibility index (Phi) is 11.8. The van der Waals surface area contributed by atoms with E-state index in [2.05, 4.69) is 15.4 Å². The molecular formula is C38H51N7O9S. The van der Waals surface area contributed by atoms with Gasteiger partial charge in [-0.1, -0.05) is 49.3 Å². The Hall–Kier alpha value is -4.69. The Labute approximate surface area is 322 Å². The molecule has 0 unspecified atom stereocenters. The summed E-state index contributed by atoms with van der Waals surface area (Å²) in [5, 5.41) is 14.6. The fourth-order valence-corrected chi connectivity index (χ4v) is 9.05. The lowest BCUT2D eigenvalue weighted by molar-refractivity contribution is -0.141. The predicted molar refractivity (Wildman–Crippen MR) is 197 cm³/mol. The molecule has 0 spiro atoms. The lowest BCUT2D eigenvalue weighted by atomic mass is 10.0. The summed E-state index contributed by atoms with van der Waals surface area (Å²) >= 11 is 0. The Morgan fingerprint density at radius 1 is 1.07 bits per heavy atom. The molecule has 1 aromatic carbocycles. The largest absolute Gasteiger partial charge is 0.444 e. The van der Waals surface area contributed by atoms with Crippen LogP contribution >= 0.6 is 0 Å². The van der Waals surface area contributed by atoms with Crippen LogP contribution in [-0.4, -0.2) is 101 Å². The number of ether oxygens (including phenoxy) is 2. The maximum absolute atomic E-state index is 14.4. The number of alkyl carbamates (subject to hydrolysis) is 1. The first-order valence-electron chi connectivity index (χ1n) is 19.1. The predicted octanol–water partition coefficient (Wildman–Crippen LogP) is 3.14. The van der Waals surface area contributed by atoms with Crippen molar-refractivity contribution in [3.8, 4) is 6.07 Å². The van der Waals surface area contributed by atoms with Crippen molar-refractivity contribution in [2.45, 2.75) is 133 Å². The normalized spacial score (nSPS) is 27.6. The first-order valence-corrected chi connectivity index (χ1v) is 20.6. The monoisotopic (exact) mass is 781 g/mol. The molecule has 3 heterocycles. The summed E-state index contributed by atoms with van der Waals surface area (Å²) in [5.41, 5.74) is -0.482. The quantitative estimate of drug-likeness (QED) is 0.329. The first kappa shape index (κ1) is 40.0. The highest BCUT2D eigenvalue weighted by atomic mass is 32.2. The van der Waals surface area contributed by atoms with E-state index >= 15 is 0 Å². The fourth-order valence-electron chi connectivity index (χ4n) is 7.58. The zero-order valence-corrected chi connectivity index (χ0v) is 32.4. The van der Waals surface area contributed by atoms with Gasteiger partial charge in [0.2, 0.25) is 11.8 Å². The molecule has 5 atom stereocenters. The molecule has 0 radical (unpaired) electrons. The van der Waals surface area contributed by atoms with Gasteiger partial charge in [-0.3, -0.25) is 19.3 Å². The van der Waals surface area contributed by atoms with E-state index in [0.717, 1.165) is 28.3 Å².